The van der Waals surface area contributed by atoms with Crippen molar-refractivity contribution in [2.45, 2.75) is 0 Å². The Bertz CT molecular complexity index is 661. The number of hydrogen-bond donors (Lipinski definition) is 0. The van der Waals surface area contributed by atoms with Crippen LogP contribution in [0.15, 0.2) is 30.5 Å². The van der Waals surface area contributed by atoms with Crippen molar-refractivity contribution in [3.8, 4) is 22.8 Å². The highest BCUT2D eigenvalue weighted by atomic mass is 35.5. The molecule has 0 unspecified atom stereocenters. The summed E-state index contributed by atoms with van der Waals surface area (Å²) in [7, 11) is 2.92. The maximum absolute atomic E-state index is 11.1. The maximum Gasteiger partial charge on any atom is 0.277 e. The molecule has 0 radical (unpaired) electrons. The first kappa shape index (κ1) is 14.1. The highest BCUT2D eigenvalue weighted by Gasteiger charge is 2.20. The van der Waals surface area contributed by atoms with Gasteiger partial charge in [-0.3, -0.25) is 10.1 Å². The summed E-state index contributed by atoms with van der Waals surface area (Å²) >= 11 is 5.93. The summed E-state index contributed by atoms with van der Waals surface area (Å²) in [6.45, 7) is 0. The zero-order chi connectivity index (χ0) is 14.7. The van der Waals surface area contributed by atoms with Crippen LogP contribution in [-0.4, -0.2) is 24.1 Å². The molecule has 0 aliphatic rings. The summed E-state index contributed by atoms with van der Waals surface area (Å²) in [6.07, 6.45) is 1.44. The van der Waals surface area contributed by atoms with Gasteiger partial charge < -0.3 is 9.47 Å². The molecule has 0 bridgehead atoms. The fourth-order valence-corrected chi connectivity index (χ4v) is 1.96. The average molecular weight is 295 g/mol. The molecular formula is C13H11ClN2O4. The standard InChI is InChI=1S/C13H11ClN2O4/c1-19-12-7-15-13(20-2)6-10(12)9-5-8(14)3-4-11(9)16(17)18/h3-7H,1-2H3. The number of methoxy groups -OCH3 is 2. The Morgan fingerprint density at radius 2 is 1.95 bits per heavy atom. The van der Waals surface area contributed by atoms with Crippen LogP contribution in [0.1, 0.15) is 0 Å². The van der Waals surface area contributed by atoms with Crippen molar-refractivity contribution in [1.82, 2.24) is 4.98 Å². The van der Waals surface area contributed by atoms with Gasteiger partial charge in [0.25, 0.3) is 5.69 Å². The van der Waals surface area contributed by atoms with Crippen LogP contribution in [0.2, 0.25) is 5.02 Å². The highest BCUT2D eigenvalue weighted by molar-refractivity contribution is 6.31. The zero-order valence-corrected chi connectivity index (χ0v) is 11.5. The SMILES string of the molecule is COc1cc(-c2cc(Cl)ccc2[N+](=O)[O-])c(OC)cn1. The third-order valence-corrected chi connectivity index (χ3v) is 2.95. The van der Waals surface area contributed by atoms with Crippen LogP contribution in [-0.2, 0) is 0 Å². The van der Waals surface area contributed by atoms with Gasteiger partial charge >= 0.3 is 0 Å². The highest BCUT2D eigenvalue weighted by Crippen LogP contribution is 2.38. The second-order valence-electron chi connectivity index (χ2n) is 3.85. The quantitative estimate of drug-likeness (QED) is 0.638. The minimum atomic E-state index is -0.474. The Hall–Kier alpha value is -2.34. The van der Waals surface area contributed by atoms with Crippen molar-refractivity contribution in [1.29, 1.82) is 0 Å². The average Bonchev–Trinajstić information content (AvgIpc) is 2.46. The molecule has 0 aliphatic heterocycles. The molecule has 2 aromatic rings. The third-order valence-electron chi connectivity index (χ3n) is 2.72. The molecule has 7 heteroatoms. The molecule has 1 aromatic carbocycles. The van der Waals surface area contributed by atoms with E-state index in [4.69, 9.17) is 21.1 Å². The zero-order valence-electron chi connectivity index (χ0n) is 10.8. The lowest BCUT2D eigenvalue weighted by molar-refractivity contribution is -0.384. The number of hydrogen-bond acceptors (Lipinski definition) is 5. The first-order chi connectivity index (χ1) is 9.56. The van der Waals surface area contributed by atoms with Gasteiger partial charge in [0.1, 0.15) is 5.75 Å². The number of nitro groups is 1. The van der Waals surface area contributed by atoms with Crippen LogP contribution in [0.25, 0.3) is 11.1 Å². The van der Waals surface area contributed by atoms with Crippen molar-refractivity contribution >= 4 is 17.3 Å². The van der Waals surface area contributed by atoms with Gasteiger partial charge in [0.2, 0.25) is 5.88 Å². The molecule has 0 aliphatic carbocycles. The molecule has 104 valence electrons. The van der Waals surface area contributed by atoms with Crippen molar-refractivity contribution in [2.75, 3.05) is 14.2 Å². The van der Waals surface area contributed by atoms with Gasteiger partial charge in [-0.25, -0.2) is 4.98 Å². The molecule has 2 rings (SSSR count). The molecule has 0 spiro atoms. The largest absolute Gasteiger partial charge is 0.494 e. The normalized spacial score (nSPS) is 10.2. The number of ether oxygens (including phenoxy) is 2. The second kappa shape index (κ2) is 5.75. The molecule has 0 atom stereocenters. The topological polar surface area (TPSA) is 74.5 Å². The Morgan fingerprint density at radius 1 is 1.20 bits per heavy atom. The van der Waals surface area contributed by atoms with Crippen LogP contribution in [0.4, 0.5) is 5.69 Å². The number of pyridine rings is 1. The molecule has 6 nitrogen and oxygen atoms in total. The van der Waals surface area contributed by atoms with Gasteiger partial charge in [-0.05, 0) is 12.1 Å². The summed E-state index contributed by atoms with van der Waals surface area (Å²) in [4.78, 5) is 14.7. The summed E-state index contributed by atoms with van der Waals surface area (Å²) < 4.78 is 10.2. The summed E-state index contributed by atoms with van der Waals surface area (Å²) in [5.41, 5.74) is 0.773. The summed E-state index contributed by atoms with van der Waals surface area (Å²) in [6, 6.07) is 5.90. The van der Waals surface area contributed by atoms with Gasteiger partial charge in [0, 0.05) is 22.7 Å². The summed E-state index contributed by atoms with van der Waals surface area (Å²) in [5.74, 6) is 0.728. The van der Waals surface area contributed by atoms with E-state index in [2.05, 4.69) is 4.98 Å². The predicted molar refractivity (Wildman–Crippen MR) is 74.4 cm³/mol. The van der Waals surface area contributed by atoms with Crippen molar-refractivity contribution in [3.05, 3.63) is 45.6 Å². The van der Waals surface area contributed by atoms with E-state index in [1.807, 2.05) is 0 Å². The Kier molecular flexibility index (Phi) is 4.05. The van der Waals surface area contributed by atoms with E-state index < -0.39 is 4.92 Å². The number of nitrogens with zero attached hydrogens (tertiary/aromatic N) is 2. The molecule has 0 amide bonds. The van der Waals surface area contributed by atoms with Crippen LogP contribution in [0.5, 0.6) is 11.6 Å². The Balaban J connectivity index is 2.72. The number of halogens is 1. The second-order valence-corrected chi connectivity index (χ2v) is 4.28. The smallest absolute Gasteiger partial charge is 0.277 e. The van der Waals surface area contributed by atoms with E-state index in [9.17, 15) is 10.1 Å². The summed E-state index contributed by atoms with van der Waals surface area (Å²) in [5, 5.41) is 11.5. The maximum atomic E-state index is 11.1. The molecule has 0 saturated heterocycles. The number of rotatable bonds is 4. The van der Waals surface area contributed by atoms with Gasteiger partial charge in [-0.15, -0.1) is 0 Å². The lowest BCUT2D eigenvalue weighted by Gasteiger charge is -2.10. The lowest BCUT2D eigenvalue weighted by atomic mass is 10.0. The molecule has 1 aromatic heterocycles. The minimum absolute atomic E-state index is 0.0686. The molecule has 0 N–H and O–H groups in total. The fourth-order valence-electron chi connectivity index (χ4n) is 1.79. The number of nitro benzene ring substituents is 1. The van der Waals surface area contributed by atoms with E-state index in [1.165, 1.54) is 38.6 Å². The molecule has 1 heterocycles. The van der Waals surface area contributed by atoms with E-state index in [0.29, 0.717) is 27.8 Å². The van der Waals surface area contributed by atoms with E-state index in [0.717, 1.165) is 0 Å². The lowest BCUT2D eigenvalue weighted by Crippen LogP contribution is -1.96. The number of aromatic nitrogens is 1. The van der Waals surface area contributed by atoms with Gasteiger partial charge in [0.05, 0.1) is 30.9 Å². The van der Waals surface area contributed by atoms with E-state index in [1.54, 1.807) is 6.07 Å². The fraction of sp³-hybridized carbons (Fsp3) is 0.154. The van der Waals surface area contributed by atoms with Gasteiger partial charge in [0.15, 0.2) is 0 Å². The van der Waals surface area contributed by atoms with E-state index in [-0.39, 0.29) is 5.69 Å². The van der Waals surface area contributed by atoms with Crippen LogP contribution < -0.4 is 9.47 Å². The first-order valence-corrected chi connectivity index (χ1v) is 5.97. The van der Waals surface area contributed by atoms with Crippen LogP contribution >= 0.6 is 11.6 Å². The molecule has 0 saturated carbocycles. The third kappa shape index (κ3) is 2.65. The monoisotopic (exact) mass is 294 g/mol. The van der Waals surface area contributed by atoms with Crippen molar-refractivity contribution in [2.24, 2.45) is 0 Å². The van der Waals surface area contributed by atoms with Crippen molar-refractivity contribution in [3.63, 3.8) is 0 Å². The number of benzene rings is 1. The Morgan fingerprint density at radius 3 is 2.55 bits per heavy atom. The first-order valence-electron chi connectivity index (χ1n) is 5.59. The Labute approximate surface area is 120 Å². The van der Waals surface area contributed by atoms with Crippen molar-refractivity contribution < 1.29 is 14.4 Å². The molecule has 20 heavy (non-hydrogen) atoms. The predicted octanol–water partition coefficient (Wildman–Crippen LogP) is 3.33. The van der Waals surface area contributed by atoms with E-state index >= 15 is 0 Å². The molecule has 0 fully saturated rings. The van der Waals surface area contributed by atoms with Gasteiger partial charge in [-0.1, -0.05) is 11.6 Å². The van der Waals surface area contributed by atoms with Crippen LogP contribution in [0.3, 0.4) is 0 Å². The molecular weight excluding hydrogens is 284 g/mol. The van der Waals surface area contributed by atoms with Gasteiger partial charge in [-0.2, -0.15) is 0 Å². The minimum Gasteiger partial charge on any atom is -0.494 e. The van der Waals surface area contributed by atoms with Crippen LogP contribution in [0, 0.1) is 10.1 Å².